The third-order valence-electron chi connectivity index (χ3n) is 2.93. The quantitative estimate of drug-likeness (QED) is 0.547. The Morgan fingerprint density at radius 2 is 2.18 bits per heavy atom. The van der Waals surface area contributed by atoms with Crippen LogP contribution in [-0.4, -0.2) is 38.6 Å². The summed E-state index contributed by atoms with van der Waals surface area (Å²) in [5.41, 5.74) is -0.534. The molecule has 0 aliphatic heterocycles. The molecule has 0 atom stereocenters. The molecule has 2 aromatic rings. The fourth-order valence-corrected chi connectivity index (χ4v) is 1.96. The number of aromatic amines is 1. The van der Waals surface area contributed by atoms with E-state index in [4.69, 9.17) is 11.5 Å². The molecule has 22 heavy (non-hydrogen) atoms. The summed E-state index contributed by atoms with van der Waals surface area (Å²) >= 11 is 0. The normalized spacial score (nSPS) is 10.2. The van der Waals surface area contributed by atoms with Gasteiger partial charge in [0.05, 0.1) is 6.61 Å². The SMILES string of the molecule is C#Cc1cnc2[nH]c(=O)c(C(=O)NCC(=O)O)c(CO)c2c1. The molecule has 4 N–H and O–H groups in total. The van der Waals surface area contributed by atoms with Crippen LogP contribution in [-0.2, 0) is 11.4 Å². The van der Waals surface area contributed by atoms with Gasteiger partial charge < -0.3 is 20.5 Å². The number of terminal acetylenes is 1. The predicted octanol–water partition coefficient (Wildman–Crippen LogP) is -0.789. The highest BCUT2D eigenvalue weighted by Crippen LogP contribution is 2.18. The lowest BCUT2D eigenvalue weighted by Gasteiger charge is -2.10. The lowest BCUT2D eigenvalue weighted by atomic mass is 10.0. The Bertz CT molecular complexity index is 863. The third-order valence-corrected chi connectivity index (χ3v) is 2.93. The molecule has 8 nitrogen and oxygen atoms in total. The van der Waals surface area contributed by atoms with Crippen molar-refractivity contribution in [3.63, 3.8) is 0 Å². The number of amides is 1. The van der Waals surface area contributed by atoms with Gasteiger partial charge in [0.1, 0.15) is 17.8 Å². The van der Waals surface area contributed by atoms with Crippen molar-refractivity contribution in [1.82, 2.24) is 15.3 Å². The largest absolute Gasteiger partial charge is 0.480 e. The number of hydrogen-bond donors (Lipinski definition) is 4. The number of rotatable bonds is 4. The third kappa shape index (κ3) is 2.79. The maximum Gasteiger partial charge on any atom is 0.322 e. The molecule has 8 heteroatoms. The molecule has 0 aliphatic carbocycles. The number of carbonyl (C=O) groups is 2. The molecule has 0 saturated carbocycles. The average Bonchev–Trinajstić information content (AvgIpc) is 2.50. The summed E-state index contributed by atoms with van der Waals surface area (Å²) in [5.74, 6) is 0.200. The van der Waals surface area contributed by atoms with Crippen molar-refractivity contribution in [2.24, 2.45) is 0 Å². The fourth-order valence-electron chi connectivity index (χ4n) is 1.96. The van der Waals surface area contributed by atoms with Gasteiger partial charge in [0, 0.05) is 22.7 Å². The fraction of sp³-hybridized carbons (Fsp3) is 0.143. The van der Waals surface area contributed by atoms with E-state index in [-0.39, 0.29) is 16.8 Å². The van der Waals surface area contributed by atoms with Crippen LogP contribution in [0.4, 0.5) is 0 Å². The van der Waals surface area contributed by atoms with Crippen molar-refractivity contribution >= 4 is 22.9 Å². The number of hydrogen-bond acceptors (Lipinski definition) is 5. The number of carboxylic acids is 1. The summed E-state index contributed by atoms with van der Waals surface area (Å²) in [6, 6.07) is 1.50. The molecule has 0 bridgehead atoms. The number of nitrogens with one attached hydrogen (secondary N) is 2. The number of aliphatic hydroxyl groups is 1. The van der Waals surface area contributed by atoms with E-state index in [0.717, 1.165) is 0 Å². The zero-order valence-electron chi connectivity index (χ0n) is 11.2. The second-order valence-corrected chi connectivity index (χ2v) is 4.31. The topological polar surface area (TPSA) is 132 Å². The van der Waals surface area contributed by atoms with Gasteiger partial charge in [-0.1, -0.05) is 5.92 Å². The highest BCUT2D eigenvalue weighted by atomic mass is 16.4. The summed E-state index contributed by atoms with van der Waals surface area (Å²) in [5, 5.41) is 20.5. The molecule has 0 saturated heterocycles. The van der Waals surface area contributed by atoms with Crippen molar-refractivity contribution in [2.75, 3.05) is 6.54 Å². The molecule has 0 unspecified atom stereocenters. The van der Waals surface area contributed by atoms with E-state index in [1.165, 1.54) is 12.3 Å². The van der Waals surface area contributed by atoms with Gasteiger partial charge in [-0.2, -0.15) is 0 Å². The molecular formula is C14H11N3O5. The Labute approximate surface area is 123 Å². The van der Waals surface area contributed by atoms with Gasteiger partial charge in [-0.15, -0.1) is 6.42 Å². The highest BCUT2D eigenvalue weighted by molar-refractivity contribution is 6.00. The first-order valence-corrected chi connectivity index (χ1v) is 6.10. The van der Waals surface area contributed by atoms with E-state index < -0.39 is 30.6 Å². The number of nitrogens with zero attached hydrogens (tertiary/aromatic N) is 1. The van der Waals surface area contributed by atoms with Crippen LogP contribution in [0.1, 0.15) is 21.5 Å². The second kappa shape index (κ2) is 6.07. The monoisotopic (exact) mass is 301 g/mol. The summed E-state index contributed by atoms with van der Waals surface area (Å²) in [7, 11) is 0. The van der Waals surface area contributed by atoms with E-state index in [9.17, 15) is 19.5 Å². The van der Waals surface area contributed by atoms with Crippen LogP contribution < -0.4 is 10.9 Å². The number of H-pyrrole nitrogens is 1. The molecule has 0 aliphatic rings. The maximum atomic E-state index is 12.0. The van der Waals surface area contributed by atoms with Gasteiger partial charge >= 0.3 is 5.97 Å². The molecule has 0 fully saturated rings. The number of carboxylic acid groups (broad SMARTS) is 1. The van der Waals surface area contributed by atoms with Gasteiger partial charge in [0.25, 0.3) is 11.5 Å². The first-order valence-electron chi connectivity index (χ1n) is 6.10. The van der Waals surface area contributed by atoms with E-state index in [1.807, 2.05) is 0 Å². The molecule has 0 spiro atoms. The number of fused-ring (bicyclic) bond motifs is 1. The van der Waals surface area contributed by atoms with Gasteiger partial charge in [-0.3, -0.25) is 14.4 Å². The number of aliphatic carboxylic acids is 1. The summed E-state index contributed by atoms with van der Waals surface area (Å²) in [6.45, 7) is -1.25. The number of aromatic nitrogens is 2. The lowest BCUT2D eigenvalue weighted by molar-refractivity contribution is -0.135. The molecule has 0 aromatic carbocycles. The number of aliphatic hydroxyl groups excluding tert-OH is 1. The van der Waals surface area contributed by atoms with Gasteiger partial charge in [-0.25, -0.2) is 4.98 Å². The van der Waals surface area contributed by atoms with Gasteiger partial charge in [0.2, 0.25) is 0 Å². The van der Waals surface area contributed by atoms with Crippen LogP contribution in [0.15, 0.2) is 17.1 Å². The van der Waals surface area contributed by atoms with E-state index >= 15 is 0 Å². The first-order chi connectivity index (χ1) is 10.5. The average molecular weight is 301 g/mol. The Balaban J connectivity index is 2.65. The van der Waals surface area contributed by atoms with Crippen LogP contribution in [0.25, 0.3) is 11.0 Å². The van der Waals surface area contributed by atoms with E-state index in [1.54, 1.807) is 0 Å². The molecule has 2 heterocycles. The van der Waals surface area contributed by atoms with Gasteiger partial charge in [0.15, 0.2) is 0 Å². The Morgan fingerprint density at radius 1 is 1.45 bits per heavy atom. The minimum absolute atomic E-state index is 0.0336. The predicted molar refractivity (Wildman–Crippen MR) is 76.2 cm³/mol. The summed E-state index contributed by atoms with van der Waals surface area (Å²) in [6.07, 6.45) is 6.64. The standard InChI is InChI=1S/C14H11N3O5/c1-2-7-3-8-9(6-18)11(13(21)16-5-10(19)20)14(22)17-12(8)15-4-7/h1,3-4,18H,5-6H2,(H,16,21)(H,19,20)(H,15,17,22). The zero-order valence-corrected chi connectivity index (χ0v) is 11.2. The van der Waals surface area contributed by atoms with Crippen molar-refractivity contribution in [3.05, 3.63) is 39.3 Å². The second-order valence-electron chi connectivity index (χ2n) is 4.31. The zero-order chi connectivity index (χ0) is 16.3. The Morgan fingerprint density at radius 3 is 2.77 bits per heavy atom. The van der Waals surface area contributed by atoms with Crippen molar-refractivity contribution < 1.29 is 19.8 Å². The Hall–Kier alpha value is -3.18. The minimum Gasteiger partial charge on any atom is -0.480 e. The van der Waals surface area contributed by atoms with Crippen LogP contribution in [0.2, 0.25) is 0 Å². The summed E-state index contributed by atoms with van der Waals surface area (Å²) < 4.78 is 0. The molecule has 112 valence electrons. The molecule has 2 aromatic heterocycles. The Kier molecular flexibility index (Phi) is 4.20. The maximum absolute atomic E-state index is 12.0. The van der Waals surface area contributed by atoms with Gasteiger partial charge in [-0.05, 0) is 6.07 Å². The van der Waals surface area contributed by atoms with Crippen LogP contribution in [0.5, 0.6) is 0 Å². The van der Waals surface area contributed by atoms with E-state index in [2.05, 4.69) is 21.2 Å². The number of carbonyl (C=O) groups excluding carboxylic acids is 1. The summed E-state index contributed by atoms with van der Waals surface area (Å²) in [4.78, 5) is 40.8. The lowest BCUT2D eigenvalue weighted by Crippen LogP contribution is -2.34. The first kappa shape index (κ1) is 15.2. The molecular weight excluding hydrogens is 290 g/mol. The molecule has 2 rings (SSSR count). The molecule has 1 amide bonds. The van der Waals surface area contributed by atoms with Crippen molar-refractivity contribution in [1.29, 1.82) is 0 Å². The van der Waals surface area contributed by atoms with E-state index in [0.29, 0.717) is 10.9 Å². The molecule has 0 radical (unpaired) electrons. The van der Waals surface area contributed by atoms with Crippen LogP contribution >= 0.6 is 0 Å². The highest BCUT2D eigenvalue weighted by Gasteiger charge is 2.20. The number of pyridine rings is 2. The van der Waals surface area contributed by atoms with Crippen LogP contribution in [0, 0.1) is 12.3 Å². The van der Waals surface area contributed by atoms with Crippen LogP contribution in [0.3, 0.4) is 0 Å². The smallest absolute Gasteiger partial charge is 0.322 e. The van der Waals surface area contributed by atoms with Crippen molar-refractivity contribution in [2.45, 2.75) is 6.61 Å². The van der Waals surface area contributed by atoms with Crippen molar-refractivity contribution in [3.8, 4) is 12.3 Å². The minimum atomic E-state index is -1.26.